The molecule has 3 rings (SSSR count). The highest BCUT2D eigenvalue weighted by atomic mass is 16.4. The number of hydrogen-bond donors (Lipinski definition) is 1. The molecule has 0 radical (unpaired) electrons. The Morgan fingerprint density at radius 1 is 1.26 bits per heavy atom. The van der Waals surface area contributed by atoms with Gasteiger partial charge in [-0.3, -0.25) is 9.25 Å². The summed E-state index contributed by atoms with van der Waals surface area (Å²) < 4.78 is 8.88. The highest BCUT2D eigenvalue weighted by Crippen LogP contribution is 2.12. The van der Waals surface area contributed by atoms with E-state index in [2.05, 4.69) is 24.3 Å². The molecule has 6 heteroatoms. The van der Waals surface area contributed by atoms with Crippen LogP contribution in [0, 0.1) is 0 Å². The molecule has 0 bridgehead atoms. The zero-order valence-corrected chi connectivity index (χ0v) is 13.5. The van der Waals surface area contributed by atoms with E-state index >= 15 is 0 Å². The molecule has 0 fully saturated rings. The Morgan fingerprint density at radius 3 is 2.87 bits per heavy atom. The van der Waals surface area contributed by atoms with Crippen molar-refractivity contribution in [2.75, 3.05) is 6.54 Å². The third-order valence-electron chi connectivity index (χ3n) is 4.26. The molecule has 23 heavy (non-hydrogen) atoms. The SMILES string of the molecule is C[C@H](NCCCn1c(=O)oc2ccccc21)[C@H](C)n1cccn1. The fourth-order valence-electron chi connectivity index (χ4n) is 2.71. The summed E-state index contributed by atoms with van der Waals surface area (Å²) in [6.07, 6.45) is 4.62. The Bertz CT molecular complexity index is 803. The smallest absolute Gasteiger partial charge is 0.408 e. The molecule has 0 saturated carbocycles. The van der Waals surface area contributed by atoms with Crippen LogP contribution in [0.4, 0.5) is 0 Å². The van der Waals surface area contributed by atoms with Crippen LogP contribution in [0.15, 0.2) is 51.9 Å². The molecule has 2 aromatic heterocycles. The number of aryl methyl sites for hydroxylation is 1. The predicted octanol–water partition coefficient (Wildman–Crippen LogP) is 2.42. The molecule has 0 saturated heterocycles. The van der Waals surface area contributed by atoms with Crippen LogP contribution < -0.4 is 11.1 Å². The van der Waals surface area contributed by atoms with Crippen molar-refractivity contribution >= 4 is 11.1 Å². The molecule has 0 aliphatic heterocycles. The third-order valence-corrected chi connectivity index (χ3v) is 4.26. The number of nitrogens with one attached hydrogen (secondary N) is 1. The molecular formula is C17H22N4O2. The Kier molecular flexibility index (Phi) is 4.62. The van der Waals surface area contributed by atoms with Gasteiger partial charge < -0.3 is 9.73 Å². The maximum absolute atomic E-state index is 11.9. The minimum Gasteiger partial charge on any atom is -0.408 e. The average molecular weight is 314 g/mol. The van der Waals surface area contributed by atoms with Gasteiger partial charge in [-0.2, -0.15) is 5.10 Å². The van der Waals surface area contributed by atoms with Crippen molar-refractivity contribution in [3.05, 3.63) is 53.3 Å². The third kappa shape index (κ3) is 3.37. The molecule has 1 aromatic carbocycles. The fourth-order valence-corrected chi connectivity index (χ4v) is 2.71. The largest absolute Gasteiger partial charge is 0.419 e. The van der Waals surface area contributed by atoms with Crippen molar-refractivity contribution in [3.8, 4) is 0 Å². The monoisotopic (exact) mass is 314 g/mol. The summed E-state index contributed by atoms with van der Waals surface area (Å²) in [7, 11) is 0. The summed E-state index contributed by atoms with van der Waals surface area (Å²) >= 11 is 0. The van der Waals surface area contributed by atoms with Crippen molar-refractivity contribution in [3.63, 3.8) is 0 Å². The molecule has 0 unspecified atom stereocenters. The molecule has 3 aromatic rings. The van der Waals surface area contributed by atoms with E-state index in [1.165, 1.54) is 0 Å². The second-order valence-corrected chi connectivity index (χ2v) is 5.81. The lowest BCUT2D eigenvalue weighted by Crippen LogP contribution is -2.35. The van der Waals surface area contributed by atoms with Crippen LogP contribution >= 0.6 is 0 Å². The number of benzene rings is 1. The van der Waals surface area contributed by atoms with Gasteiger partial charge in [-0.25, -0.2) is 4.79 Å². The molecule has 2 atom stereocenters. The van der Waals surface area contributed by atoms with Gasteiger partial charge in [0.05, 0.1) is 11.6 Å². The lowest BCUT2D eigenvalue weighted by atomic mass is 10.1. The molecule has 0 aliphatic rings. The van der Waals surface area contributed by atoms with E-state index in [1.54, 1.807) is 10.8 Å². The van der Waals surface area contributed by atoms with Crippen LogP contribution in [-0.4, -0.2) is 26.9 Å². The van der Waals surface area contributed by atoms with E-state index in [9.17, 15) is 4.79 Å². The fraction of sp³-hybridized carbons (Fsp3) is 0.412. The zero-order chi connectivity index (χ0) is 16.2. The second kappa shape index (κ2) is 6.83. The van der Waals surface area contributed by atoms with Crippen molar-refractivity contribution in [2.24, 2.45) is 0 Å². The van der Waals surface area contributed by atoms with Gasteiger partial charge in [0.25, 0.3) is 0 Å². The molecule has 1 N–H and O–H groups in total. The first kappa shape index (κ1) is 15.6. The first-order chi connectivity index (χ1) is 11.2. The van der Waals surface area contributed by atoms with Gasteiger partial charge in [0.1, 0.15) is 0 Å². The molecule has 0 amide bonds. The maximum atomic E-state index is 11.9. The first-order valence-electron chi connectivity index (χ1n) is 7.97. The standard InChI is InChI=1S/C17H22N4O2/c1-13(14(2)21-12-6-10-19-21)18-9-5-11-20-15-7-3-4-8-16(15)23-17(20)22/h3-4,6-8,10,12-14,18H,5,9,11H2,1-2H3/t13-,14-/m0/s1. The second-order valence-electron chi connectivity index (χ2n) is 5.81. The van der Waals surface area contributed by atoms with Crippen molar-refractivity contribution in [1.29, 1.82) is 0 Å². The number of aromatic nitrogens is 3. The number of fused-ring (bicyclic) bond motifs is 1. The Morgan fingerprint density at radius 2 is 2.09 bits per heavy atom. The van der Waals surface area contributed by atoms with Gasteiger partial charge in [0, 0.05) is 25.0 Å². The van der Waals surface area contributed by atoms with Crippen LogP contribution in [0.25, 0.3) is 11.1 Å². The van der Waals surface area contributed by atoms with Crippen LogP contribution in [-0.2, 0) is 6.54 Å². The maximum Gasteiger partial charge on any atom is 0.419 e. The van der Waals surface area contributed by atoms with Gasteiger partial charge in [-0.05, 0) is 45.0 Å². The van der Waals surface area contributed by atoms with Crippen LogP contribution in [0.5, 0.6) is 0 Å². The highest BCUT2D eigenvalue weighted by molar-refractivity contribution is 5.72. The minimum atomic E-state index is -0.288. The van der Waals surface area contributed by atoms with Gasteiger partial charge in [0.15, 0.2) is 5.58 Å². The Labute approximate surface area is 134 Å². The van der Waals surface area contributed by atoms with Crippen molar-refractivity contribution in [2.45, 2.75) is 38.9 Å². The molecule has 6 nitrogen and oxygen atoms in total. The van der Waals surface area contributed by atoms with E-state index < -0.39 is 0 Å². The first-order valence-corrected chi connectivity index (χ1v) is 7.97. The van der Waals surface area contributed by atoms with E-state index in [1.807, 2.05) is 41.2 Å². The van der Waals surface area contributed by atoms with Gasteiger partial charge in [-0.15, -0.1) is 0 Å². The van der Waals surface area contributed by atoms with Crippen molar-refractivity contribution < 1.29 is 4.42 Å². The lowest BCUT2D eigenvalue weighted by Gasteiger charge is -2.21. The van der Waals surface area contributed by atoms with Gasteiger partial charge in [0.2, 0.25) is 0 Å². The topological polar surface area (TPSA) is 65.0 Å². The lowest BCUT2D eigenvalue weighted by molar-refractivity contribution is 0.361. The van der Waals surface area contributed by atoms with E-state index in [0.717, 1.165) is 18.5 Å². The molecular weight excluding hydrogens is 292 g/mol. The number of hydrogen-bond acceptors (Lipinski definition) is 4. The van der Waals surface area contributed by atoms with Gasteiger partial charge >= 0.3 is 5.76 Å². The van der Waals surface area contributed by atoms with Crippen LogP contribution in [0.3, 0.4) is 0 Å². The molecule has 0 aliphatic carbocycles. The molecule has 2 heterocycles. The number of oxazole rings is 1. The van der Waals surface area contributed by atoms with Crippen LogP contribution in [0.1, 0.15) is 26.3 Å². The van der Waals surface area contributed by atoms with Crippen LogP contribution in [0.2, 0.25) is 0 Å². The summed E-state index contributed by atoms with van der Waals surface area (Å²) in [6.45, 7) is 5.76. The molecule has 0 spiro atoms. The average Bonchev–Trinajstić information content (AvgIpc) is 3.18. The van der Waals surface area contributed by atoms with Crippen molar-refractivity contribution in [1.82, 2.24) is 19.7 Å². The quantitative estimate of drug-likeness (QED) is 0.680. The summed E-state index contributed by atoms with van der Waals surface area (Å²) in [5, 5.41) is 7.76. The van der Waals surface area contributed by atoms with E-state index in [4.69, 9.17) is 4.42 Å². The number of rotatable bonds is 7. The van der Waals surface area contributed by atoms with Gasteiger partial charge in [-0.1, -0.05) is 12.1 Å². The number of nitrogens with zero attached hydrogens (tertiary/aromatic N) is 3. The number of para-hydroxylation sites is 2. The van der Waals surface area contributed by atoms with E-state index in [-0.39, 0.29) is 11.8 Å². The Balaban J connectivity index is 1.53. The highest BCUT2D eigenvalue weighted by Gasteiger charge is 2.13. The summed E-state index contributed by atoms with van der Waals surface area (Å²) in [6, 6.07) is 10.0. The molecule has 122 valence electrons. The summed E-state index contributed by atoms with van der Waals surface area (Å²) in [5.41, 5.74) is 1.50. The Hall–Kier alpha value is -2.34. The normalized spacial score (nSPS) is 14.2. The minimum absolute atomic E-state index is 0.280. The zero-order valence-electron chi connectivity index (χ0n) is 13.5. The predicted molar refractivity (Wildman–Crippen MR) is 89.5 cm³/mol. The van der Waals surface area contributed by atoms with E-state index in [0.29, 0.717) is 18.2 Å². The summed E-state index contributed by atoms with van der Waals surface area (Å²) in [4.78, 5) is 11.9. The summed E-state index contributed by atoms with van der Waals surface area (Å²) in [5.74, 6) is -0.288.